The largest absolute Gasteiger partial charge is 0.497 e. The third-order valence-corrected chi connectivity index (χ3v) is 6.75. The van der Waals surface area contributed by atoms with Crippen molar-refractivity contribution in [2.24, 2.45) is 0 Å². The predicted molar refractivity (Wildman–Crippen MR) is 124 cm³/mol. The summed E-state index contributed by atoms with van der Waals surface area (Å²) in [6, 6.07) is 21.6. The average molecular weight is 455 g/mol. The number of methoxy groups -OCH3 is 2. The standard InChI is InChI=1S/C24H26N2O5S/c1-18(22-11-7-8-12-23(22)31-3)25-24(27)17-26(19-9-5-4-6-10-19)32(28,29)21-15-13-20(30-2)14-16-21/h4-16,18H,17H2,1-3H3,(H,25,27). The number of carbonyl (C=O) groups is 1. The van der Waals surface area contributed by atoms with Gasteiger partial charge in [-0.05, 0) is 49.4 Å². The van der Waals surface area contributed by atoms with Crippen molar-refractivity contribution in [3.05, 3.63) is 84.4 Å². The molecule has 0 aliphatic rings. The SMILES string of the molecule is COc1ccc(S(=O)(=O)N(CC(=O)NC(C)c2ccccc2OC)c2ccccc2)cc1. The predicted octanol–water partition coefficient (Wildman–Crippen LogP) is 3.78. The zero-order chi connectivity index (χ0) is 23.1. The van der Waals surface area contributed by atoms with Gasteiger partial charge in [-0.3, -0.25) is 9.10 Å². The van der Waals surface area contributed by atoms with Crippen LogP contribution in [-0.4, -0.2) is 35.1 Å². The summed E-state index contributed by atoms with van der Waals surface area (Å²) in [6.07, 6.45) is 0. The van der Waals surface area contributed by atoms with Crippen LogP contribution >= 0.6 is 0 Å². The number of benzene rings is 3. The van der Waals surface area contributed by atoms with Gasteiger partial charge in [0.15, 0.2) is 0 Å². The lowest BCUT2D eigenvalue weighted by Gasteiger charge is -2.25. The molecule has 0 spiro atoms. The second kappa shape index (κ2) is 10.2. The fourth-order valence-electron chi connectivity index (χ4n) is 3.30. The van der Waals surface area contributed by atoms with Gasteiger partial charge in [0.1, 0.15) is 18.0 Å². The van der Waals surface area contributed by atoms with E-state index in [0.29, 0.717) is 17.2 Å². The van der Waals surface area contributed by atoms with Crippen LogP contribution in [0.25, 0.3) is 0 Å². The number of sulfonamides is 1. The van der Waals surface area contributed by atoms with Crippen molar-refractivity contribution >= 4 is 21.6 Å². The summed E-state index contributed by atoms with van der Waals surface area (Å²) in [5.74, 6) is 0.744. The maximum absolute atomic E-state index is 13.4. The third-order valence-electron chi connectivity index (χ3n) is 4.96. The van der Waals surface area contributed by atoms with Gasteiger partial charge in [0.05, 0.1) is 30.8 Å². The fourth-order valence-corrected chi connectivity index (χ4v) is 4.72. The summed E-state index contributed by atoms with van der Waals surface area (Å²) in [6.45, 7) is 1.44. The number of nitrogens with one attached hydrogen (secondary N) is 1. The highest BCUT2D eigenvalue weighted by Gasteiger charge is 2.28. The van der Waals surface area contributed by atoms with Crippen molar-refractivity contribution in [2.75, 3.05) is 25.1 Å². The first-order valence-corrected chi connectivity index (χ1v) is 11.4. The van der Waals surface area contributed by atoms with E-state index < -0.39 is 15.9 Å². The molecule has 0 fully saturated rings. The van der Waals surface area contributed by atoms with Gasteiger partial charge in [-0.1, -0.05) is 36.4 Å². The Labute approximate surface area is 188 Å². The summed E-state index contributed by atoms with van der Waals surface area (Å²) in [7, 11) is -0.927. The molecule has 1 atom stereocenters. The average Bonchev–Trinajstić information content (AvgIpc) is 2.82. The number of nitrogens with zero attached hydrogens (tertiary/aromatic N) is 1. The topological polar surface area (TPSA) is 84.9 Å². The number of hydrogen-bond acceptors (Lipinski definition) is 5. The van der Waals surface area contributed by atoms with Gasteiger partial charge in [0.25, 0.3) is 10.0 Å². The highest BCUT2D eigenvalue weighted by molar-refractivity contribution is 7.92. The molecule has 3 aromatic carbocycles. The van der Waals surface area contributed by atoms with Gasteiger partial charge in [0, 0.05) is 5.56 Å². The van der Waals surface area contributed by atoms with Gasteiger partial charge in [-0.25, -0.2) is 8.42 Å². The Balaban J connectivity index is 1.87. The molecule has 7 nitrogen and oxygen atoms in total. The van der Waals surface area contributed by atoms with Crippen LogP contribution in [0.1, 0.15) is 18.5 Å². The molecule has 8 heteroatoms. The smallest absolute Gasteiger partial charge is 0.264 e. The van der Waals surface area contributed by atoms with E-state index in [1.807, 2.05) is 31.2 Å². The zero-order valence-electron chi connectivity index (χ0n) is 18.2. The van der Waals surface area contributed by atoms with Crippen LogP contribution in [0.3, 0.4) is 0 Å². The molecule has 0 saturated heterocycles. The minimum atomic E-state index is -4.00. The Bertz CT molecular complexity index is 1150. The molecule has 1 unspecified atom stereocenters. The molecule has 0 aromatic heterocycles. The first kappa shape index (κ1) is 23.1. The van der Waals surface area contributed by atoms with Crippen LogP contribution in [0.5, 0.6) is 11.5 Å². The summed E-state index contributed by atoms with van der Waals surface area (Å²) >= 11 is 0. The number of rotatable bonds is 9. The van der Waals surface area contributed by atoms with Crippen molar-refractivity contribution < 1.29 is 22.7 Å². The summed E-state index contributed by atoms with van der Waals surface area (Å²) in [5.41, 5.74) is 1.19. The molecule has 1 N–H and O–H groups in total. The maximum atomic E-state index is 13.4. The monoisotopic (exact) mass is 454 g/mol. The molecule has 1 amide bonds. The molecule has 0 bridgehead atoms. The van der Waals surface area contributed by atoms with Crippen LogP contribution in [-0.2, 0) is 14.8 Å². The summed E-state index contributed by atoms with van der Waals surface area (Å²) in [4.78, 5) is 13.0. The van der Waals surface area contributed by atoms with Gasteiger partial charge in [-0.15, -0.1) is 0 Å². The number of amides is 1. The van der Waals surface area contributed by atoms with Crippen LogP contribution in [0, 0.1) is 0 Å². The van der Waals surface area contributed by atoms with Crippen molar-refractivity contribution in [2.45, 2.75) is 17.9 Å². The Kier molecular flexibility index (Phi) is 7.37. The van der Waals surface area contributed by atoms with Crippen LogP contribution in [0.15, 0.2) is 83.8 Å². The number of anilines is 1. The highest BCUT2D eigenvalue weighted by atomic mass is 32.2. The molecule has 0 saturated carbocycles. The normalized spacial score (nSPS) is 12.0. The van der Waals surface area contributed by atoms with Gasteiger partial charge in [0.2, 0.25) is 5.91 Å². The minimum absolute atomic E-state index is 0.0627. The van der Waals surface area contributed by atoms with Crippen molar-refractivity contribution in [3.8, 4) is 11.5 Å². The fraction of sp³-hybridized carbons (Fsp3) is 0.208. The second-order valence-electron chi connectivity index (χ2n) is 7.05. The molecule has 3 rings (SSSR count). The van der Waals surface area contributed by atoms with E-state index in [2.05, 4.69) is 5.32 Å². The van der Waals surface area contributed by atoms with Crippen LogP contribution < -0.4 is 19.1 Å². The summed E-state index contributed by atoms with van der Waals surface area (Å²) in [5, 5.41) is 2.87. The minimum Gasteiger partial charge on any atom is -0.497 e. The van der Waals surface area contributed by atoms with Crippen LogP contribution in [0.2, 0.25) is 0 Å². The van der Waals surface area contributed by atoms with E-state index in [1.54, 1.807) is 49.6 Å². The molecular weight excluding hydrogens is 428 g/mol. The lowest BCUT2D eigenvalue weighted by molar-refractivity contribution is -0.120. The number of ether oxygens (including phenoxy) is 2. The molecule has 32 heavy (non-hydrogen) atoms. The number of para-hydroxylation sites is 2. The Morgan fingerprint density at radius 3 is 2.16 bits per heavy atom. The first-order valence-electron chi connectivity index (χ1n) is 10.0. The number of hydrogen-bond donors (Lipinski definition) is 1. The van der Waals surface area contributed by atoms with E-state index in [1.165, 1.54) is 19.2 Å². The maximum Gasteiger partial charge on any atom is 0.264 e. The molecule has 0 radical (unpaired) electrons. The zero-order valence-corrected chi connectivity index (χ0v) is 19.0. The molecule has 0 heterocycles. The molecule has 168 valence electrons. The van der Waals surface area contributed by atoms with Crippen molar-refractivity contribution in [1.29, 1.82) is 0 Å². The van der Waals surface area contributed by atoms with Gasteiger partial charge >= 0.3 is 0 Å². The Morgan fingerprint density at radius 2 is 1.53 bits per heavy atom. The quantitative estimate of drug-likeness (QED) is 0.532. The third kappa shape index (κ3) is 5.20. The van der Waals surface area contributed by atoms with E-state index in [9.17, 15) is 13.2 Å². The molecule has 3 aromatic rings. The van der Waals surface area contributed by atoms with E-state index in [4.69, 9.17) is 9.47 Å². The lowest BCUT2D eigenvalue weighted by Crippen LogP contribution is -2.41. The summed E-state index contributed by atoms with van der Waals surface area (Å²) < 4.78 is 38.4. The van der Waals surface area contributed by atoms with Crippen molar-refractivity contribution in [3.63, 3.8) is 0 Å². The van der Waals surface area contributed by atoms with Crippen molar-refractivity contribution in [1.82, 2.24) is 5.32 Å². The number of carbonyl (C=O) groups excluding carboxylic acids is 1. The first-order chi connectivity index (χ1) is 15.4. The van der Waals surface area contributed by atoms with E-state index in [0.717, 1.165) is 9.87 Å². The second-order valence-corrected chi connectivity index (χ2v) is 8.92. The van der Waals surface area contributed by atoms with E-state index in [-0.39, 0.29) is 17.5 Å². The van der Waals surface area contributed by atoms with Gasteiger partial charge < -0.3 is 14.8 Å². The Morgan fingerprint density at radius 1 is 0.906 bits per heavy atom. The van der Waals surface area contributed by atoms with Gasteiger partial charge in [-0.2, -0.15) is 0 Å². The Hall–Kier alpha value is -3.52. The molecule has 0 aliphatic heterocycles. The highest BCUT2D eigenvalue weighted by Crippen LogP contribution is 2.26. The molecular formula is C24H26N2O5S. The van der Waals surface area contributed by atoms with E-state index >= 15 is 0 Å². The van der Waals surface area contributed by atoms with Crippen LogP contribution in [0.4, 0.5) is 5.69 Å². The lowest BCUT2D eigenvalue weighted by atomic mass is 10.1. The molecule has 0 aliphatic carbocycles.